The number of hydrogen-bond acceptors (Lipinski definition) is 3. The van der Waals surface area contributed by atoms with E-state index in [1.807, 2.05) is 18.2 Å². The Morgan fingerprint density at radius 1 is 1.08 bits per heavy atom. The van der Waals surface area contributed by atoms with E-state index in [4.69, 9.17) is 5.11 Å². The van der Waals surface area contributed by atoms with Crippen molar-refractivity contribution in [3.63, 3.8) is 0 Å². The molecule has 3 rings (SSSR count). The number of benzene rings is 1. The summed E-state index contributed by atoms with van der Waals surface area (Å²) < 4.78 is 0. The van der Waals surface area contributed by atoms with Crippen LogP contribution in [0.2, 0.25) is 0 Å². The average molecular weight is 330 g/mol. The number of likely N-dealkylation sites (tertiary alicyclic amines) is 1. The lowest BCUT2D eigenvalue weighted by molar-refractivity contribution is -0.146. The van der Waals surface area contributed by atoms with Gasteiger partial charge in [-0.2, -0.15) is 0 Å². The maximum Gasteiger partial charge on any atom is 0.306 e. The molecule has 1 atom stereocenters. The highest BCUT2D eigenvalue weighted by Gasteiger charge is 2.37. The number of piperidine rings is 1. The van der Waals surface area contributed by atoms with Crippen molar-refractivity contribution in [1.82, 2.24) is 10.2 Å². The predicted molar refractivity (Wildman–Crippen MR) is 87.4 cm³/mol. The summed E-state index contributed by atoms with van der Waals surface area (Å²) in [5.41, 5.74) is 0.641. The van der Waals surface area contributed by atoms with Crippen molar-refractivity contribution < 1.29 is 19.5 Å². The van der Waals surface area contributed by atoms with Gasteiger partial charge in [-0.3, -0.25) is 14.4 Å². The summed E-state index contributed by atoms with van der Waals surface area (Å²) >= 11 is 0. The summed E-state index contributed by atoms with van der Waals surface area (Å²) in [4.78, 5) is 37.4. The van der Waals surface area contributed by atoms with E-state index in [0.717, 1.165) is 12.8 Å². The van der Waals surface area contributed by atoms with Gasteiger partial charge in [-0.15, -0.1) is 0 Å². The average Bonchev–Trinajstić information content (AvgIpc) is 2.57. The standard InChI is InChI=1S/C18H22N2O4/c21-16(19-15-9-14(10-15)18(23)24)13-7-4-8-20(11-13)17(22)12-5-2-1-3-6-12/h1-3,5-6,13-15H,4,7-11H2,(H,19,21)(H,23,24). The van der Waals surface area contributed by atoms with E-state index in [1.165, 1.54) is 0 Å². The fraction of sp³-hybridized carbons (Fsp3) is 0.500. The minimum absolute atomic E-state index is 0.0392. The van der Waals surface area contributed by atoms with E-state index >= 15 is 0 Å². The van der Waals surface area contributed by atoms with Crippen molar-refractivity contribution >= 4 is 17.8 Å². The van der Waals surface area contributed by atoms with Gasteiger partial charge in [-0.05, 0) is 37.8 Å². The molecule has 1 aromatic rings. The maximum absolute atomic E-state index is 12.5. The second-order valence-electron chi connectivity index (χ2n) is 6.67. The number of nitrogens with one attached hydrogen (secondary N) is 1. The maximum atomic E-state index is 12.5. The molecule has 0 aromatic heterocycles. The number of carboxylic acids is 1. The number of carbonyl (C=O) groups is 3. The third-order valence-corrected chi connectivity index (χ3v) is 4.93. The van der Waals surface area contributed by atoms with E-state index in [2.05, 4.69) is 5.32 Å². The van der Waals surface area contributed by atoms with Crippen LogP contribution in [-0.4, -0.2) is 46.9 Å². The Hall–Kier alpha value is -2.37. The van der Waals surface area contributed by atoms with Crippen LogP contribution in [0.1, 0.15) is 36.0 Å². The van der Waals surface area contributed by atoms with Gasteiger partial charge in [-0.1, -0.05) is 18.2 Å². The van der Waals surface area contributed by atoms with Crippen LogP contribution in [0.5, 0.6) is 0 Å². The van der Waals surface area contributed by atoms with Gasteiger partial charge < -0.3 is 15.3 Å². The molecule has 0 spiro atoms. The molecule has 1 heterocycles. The molecule has 1 unspecified atom stereocenters. The highest BCUT2D eigenvalue weighted by molar-refractivity contribution is 5.94. The summed E-state index contributed by atoms with van der Waals surface area (Å²) in [6.07, 6.45) is 2.57. The molecule has 0 bridgehead atoms. The van der Waals surface area contributed by atoms with Gasteiger partial charge in [0.2, 0.25) is 5.91 Å². The third kappa shape index (κ3) is 3.58. The highest BCUT2D eigenvalue weighted by Crippen LogP contribution is 2.28. The number of carboxylic acid groups (broad SMARTS) is 1. The van der Waals surface area contributed by atoms with E-state index in [0.29, 0.717) is 31.5 Å². The Morgan fingerprint density at radius 2 is 1.79 bits per heavy atom. The molecule has 24 heavy (non-hydrogen) atoms. The lowest BCUT2D eigenvalue weighted by Gasteiger charge is -2.36. The zero-order valence-electron chi connectivity index (χ0n) is 13.5. The molecule has 2 fully saturated rings. The zero-order valence-corrected chi connectivity index (χ0v) is 13.5. The quantitative estimate of drug-likeness (QED) is 0.876. The minimum atomic E-state index is -0.794. The SMILES string of the molecule is O=C(O)C1CC(NC(=O)C2CCCN(C(=O)c3ccccc3)C2)C1. The molecule has 2 aliphatic rings. The van der Waals surface area contributed by atoms with Gasteiger partial charge in [0.25, 0.3) is 5.91 Å². The highest BCUT2D eigenvalue weighted by atomic mass is 16.4. The topological polar surface area (TPSA) is 86.7 Å². The molecule has 0 radical (unpaired) electrons. The molecule has 1 aliphatic heterocycles. The summed E-state index contributed by atoms with van der Waals surface area (Å²) in [6.45, 7) is 1.09. The number of nitrogens with zero attached hydrogens (tertiary/aromatic N) is 1. The van der Waals surface area contributed by atoms with Crippen LogP contribution >= 0.6 is 0 Å². The first kappa shape index (κ1) is 16.5. The van der Waals surface area contributed by atoms with Crippen LogP contribution in [0, 0.1) is 11.8 Å². The zero-order chi connectivity index (χ0) is 17.1. The Bertz CT molecular complexity index is 625. The molecule has 2 amide bonds. The second kappa shape index (κ2) is 7.03. The number of rotatable bonds is 4. The third-order valence-electron chi connectivity index (χ3n) is 4.93. The molecule has 6 heteroatoms. The second-order valence-corrected chi connectivity index (χ2v) is 6.67. The van der Waals surface area contributed by atoms with Crippen molar-refractivity contribution in [3.8, 4) is 0 Å². The normalized spacial score (nSPS) is 26.3. The molecule has 1 saturated heterocycles. The van der Waals surface area contributed by atoms with Crippen LogP contribution in [0.15, 0.2) is 30.3 Å². The fourth-order valence-corrected chi connectivity index (χ4v) is 3.40. The number of carbonyl (C=O) groups excluding carboxylic acids is 2. The fourth-order valence-electron chi connectivity index (χ4n) is 3.40. The van der Waals surface area contributed by atoms with Gasteiger partial charge in [0.1, 0.15) is 0 Å². The molecule has 2 N–H and O–H groups in total. The van der Waals surface area contributed by atoms with E-state index < -0.39 is 5.97 Å². The van der Waals surface area contributed by atoms with E-state index in [1.54, 1.807) is 17.0 Å². The summed E-state index contributed by atoms with van der Waals surface area (Å²) in [6, 6.07) is 9.05. The van der Waals surface area contributed by atoms with Gasteiger partial charge in [-0.25, -0.2) is 0 Å². The Balaban J connectivity index is 1.53. The molecular weight excluding hydrogens is 308 g/mol. The molecule has 1 saturated carbocycles. The Kier molecular flexibility index (Phi) is 4.83. The first-order valence-corrected chi connectivity index (χ1v) is 8.42. The molecule has 1 aliphatic carbocycles. The summed E-state index contributed by atoms with van der Waals surface area (Å²) in [5.74, 6) is -1.44. The summed E-state index contributed by atoms with van der Waals surface area (Å²) in [7, 11) is 0. The smallest absolute Gasteiger partial charge is 0.306 e. The number of amides is 2. The minimum Gasteiger partial charge on any atom is -0.481 e. The largest absolute Gasteiger partial charge is 0.481 e. The van der Waals surface area contributed by atoms with Crippen LogP contribution in [0.4, 0.5) is 0 Å². The number of hydrogen-bond donors (Lipinski definition) is 2. The molecule has 6 nitrogen and oxygen atoms in total. The van der Waals surface area contributed by atoms with Gasteiger partial charge >= 0.3 is 5.97 Å². The first-order chi connectivity index (χ1) is 11.5. The Labute approximate surface area is 140 Å². The van der Waals surface area contributed by atoms with Gasteiger partial charge in [0.05, 0.1) is 11.8 Å². The van der Waals surface area contributed by atoms with Crippen molar-refractivity contribution in [2.75, 3.05) is 13.1 Å². The van der Waals surface area contributed by atoms with Crippen molar-refractivity contribution in [1.29, 1.82) is 0 Å². The molecule has 128 valence electrons. The first-order valence-electron chi connectivity index (χ1n) is 8.42. The predicted octanol–water partition coefficient (Wildman–Crippen LogP) is 1.52. The van der Waals surface area contributed by atoms with Crippen LogP contribution in [0.3, 0.4) is 0 Å². The van der Waals surface area contributed by atoms with Gasteiger partial charge in [0.15, 0.2) is 0 Å². The van der Waals surface area contributed by atoms with Gasteiger partial charge in [0, 0.05) is 24.7 Å². The van der Waals surface area contributed by atoms with Crippen LogP contribution in [-0.2, 0) is 9.59 Å². The molecule has 1 aromatic carbocycles. The van der Waals surface area contributed by atoms with E-state index in [-0.39, 0.29) is 29.7 Å². The molecular formula is C18H22N2O4. The van der Waals surface area contributed by atoms with Crippen molar-refractivity contribution in [3.05, 3.63) is 35.9 Å². The van der Waals surface area contributed by atoms with Crippen LogP contribution in [0.25, 0.3) is 0 Å². The van der Waals surface area contributed by atoms with Crippen molar-refractivity contribution in [2.24, 2.45) is 11.8 Å². The van der Waals surface area contributed by atoms with E-state index in [9.17, 15) is 14.4 Å². The monoisotopic (exact) mass is 330 g/mol. The lowest BCUT2D eigenvalue weighted by Crippen LogP contribution is -2.51. The number of aliphatic carboxylic acids is 1. The Morgan fingerprint density at radius 3 is 2.46 bits per heavy atom. The summed E-state index contributed by atoms with van der Waals surface area (Å²) in [5, 5.41) is 11.8. The van der Waals surface area contributed by atoms with Crippen LogP contribution < -0.4 is 5.32 Å². The van der Waals surface area contributed by atoms with Crippen molar-refractivity contribution in [2.45, 2.75) is 31.7 Å². The lowest BCUT2D eigenvalue weighted by atomic mass is 9.80.